The summed E-state index contributed by atoms with van der Waals surface area (Å²) in [4.78, 5) is 11.6. The van der Waals surface area contributed by atoms with Crippen LogP contribution >= 0.6 is 35.3 Å². The van der Waals surface area contributed by atoms with Crippen LogP contribution in [0.4, 0.5) is 5.00 Å². The largest absolute Gasteiger partial charge is 0.461 e. The van der Waals surface area contributed by atoms with E-state index in [1.54, 1.807) is 17.6 Å². The number of aromatic nitrogens is 3. The highest BCUT2D eigenvalue weighted by molar-refractivity contribution is 14.0. The van der Waals surface area contributed by atoms with Crippen LogP contribution in [0.5, 0.6) is 0 Å². The zero-order valence-electron chi connectivity index (χ0n) is 16.3. The van der Waals surface area contributed by atoms with Crippen LogP contribution in [0.25, 0.3) is 11.6 Å². The van der Waals surface area contributed by atoms with E-state index in [0.717, 1.165) is 38.4 Å². The maximum absolute atomic E-state index is 5.32. The molecule has 0 bridgehead atoms. The maximum atomic E-state index is 5.32. The molecule has 0 amide bonds. The molecule has 0 spiro atoms. The van der Waals surface area contributed by atoms with Crippen molar-refractivity contribution in [3.05, 3.63) is 41.7 Å². The first-order chi connectivity index (χ1) is 13.8. The fourth-order valence-corrected chi connectivity index (χ4v) is 4.03. The Balaban J connectivity index is 0.00000240. The highest BCUT2D eigenvalue weighted by Gasteiger charge is 2.20. The number of hydrogen-bond acceptors (Lipinski definition) is 6. The lowest BCUT2D eigenvalue weighted by Crippen LogP contribution is -2.48. The third-order valence-electron chi connectivity index (χ3n) is 4.66. The van der Waals surface area contributed by atoms with Gasteiger partial charge in [0.25, 0.3) is 0 Å². The number of thiophene rings is 1. The normalized spacial score (nSPS) is 15.2. The van der Waals surface area contributed by atoms with Gasteiger partial charge in [-0.3, -0.25) is 5.10 Å². The van der Waals surface area contributed by atoms with Gasteiger partial charge < -0.3 is 20.0 Å². The van der Waals surface area contributed by atoms with Crippen LogP contribution in [0, 0.1) is 0 Å². The monoisotopic (exact) mass is 527 g/mol. The molecule has 8 nitrogen and oxygen atoms in total. The number of guanidine groups is 1. The SMILES string of the molecule is CCNC(=NCc1nc(-c2ccco2)n[nH]1)NC1CCN(c2cccs2)CC1.I. The Bertz CT molecular complexity index is 870. The molecule has 0 aliphatic carbocycles. The Morgan fingerprint density at radius 1 is 1.34 bits per heavy atom. The summed E-state index contributed by atoms with van der Waals surface area (Å²) in [6, 6.07) is 8.38. The summed E-state index contributed by atoms with van der Waals surface area (Å²) >= 11 is 1.81. The van der Waals surface area contributed by atoms with Gasteiger partial charge in [0.05, 0.1) is 11.3 Å². The van der Waals surface area contributed by atoms with Crippen LogP contribution in [0.3, 0.4) is 0 Å². The number of H-pyrrole nitrogens is 1. The second-order valence-corrected chi connectivity index (χ2v) is 7.56. The van der Waals surface area contributed by atoms with Crippen molar-refractivity contribution in [3.63, 3.8) is 0 Å². The number of aromatic amines is 1. The number of rotatable bonds is 6. The molecule has 0 aromatic carbocycles. The molecule has 156 valence electrons. The molecule has 1 fully saturated rings. The molecule has 10 heteroatoms. The van der Waals surface area contributed by atoms with Crippen molar-refractivity contribution >= 4 is 46.3 Å². The molecule has 3 N–H and O–H groups in total. The zero-order valence-corrected chi connectivity index (χ0v) is 19.4. The summed E-state index contributed by atoms with van der Waals surface area (Å²) in [6.07, 6.45) is 3.79. The van der Waals surface area contributed by atoms with Gasteiger partial charge in [0.15, 0.2) is 11.7 Å². The summed E-state index contributed by atoms with van der Waals surface area (Å²) < 4.78 is 5.32. The van der Waals surface area contributed by atoms with E-state index in [0.29, 0.717) is 30.0 Å². The van der Waals surface area contributed by atoms with E-state index in [9.17, 15) is 0 Å². The number of aliphatic imine (C=N–C) groups is 1. The first kappa shape index (κ1) is 21.6. The van der Waals surface area contributed by atoms with E-state index in [2.05, 4.69) is 60.1 Å². The third kappa shape index (κ3) is 5.72. The Hall–Kier alpha value is -2.08. The van der Waals surface area contributed by atoms with E-state index in [-0.39, 0.29) is 24.0 Å². The van der Waals surface area contributed by atoms with Crippen LogP contribution in [-0.2, 0) is 6.54 Å². The van der Waals surface area contributed by atoms with Crippen LogP contribution in [0.15, 0.2) is 45.3 Å². The van der Waals surface area contributed by atoms with Gasteiger partial charge >= 0.3 is 0 Å². The quantitative estimate of drug-likeness (QED) is 0.258. The van der Waals surface area contributed by atoms with E-state index in [1.165, 1.54) is 5.00 Å². The zero-order chi connectivity index (χ0) is 19.2. The van der Waals surface area contributed by atoms with Crippen molar-refractivity contribution < 1.29 is 4.42 Å². The lowest BCUT2D eigenvalue weighted by Gasteiger charge is -2.33. The molecular formula is C19H26IN7OS. The van der Waals surface area contributed by atoms with E-state index in [1.807, 2.05) is 12.1 Å². The Morgan fingerprint density at radius 2 is 2.21 bits per heavy atom. The fraction of sp³-hybridized carbons (Fsp3) is 0.421. The van der Waals surface area contributed by atoms with E-state index < -0.39 is 0 Å². The van der Waals surface area contributed by atoms with Gasteiger partial charge in [0.1, 0.15) is 12.4 Å². The number of anilines is 1. The van der Waals surface area contributed by atoms with Gasteiger partial charge in [-0.15, -0.1) is 40.4 Å². The van der Waals surface area contributed by atoms with Crippen molar-refractivity contribution in [2.24, 2.45) is 4.99 Å². The second-order valence-electron chi connectivity index (χ2n) is 6.64. The molecule has 3 aromatic heterocycles. The Labute approximate surface area is 191 Å². The van der Waals surface area contributed by atoms with Crippen molar-refractivity contribution in [2.75, 3.05) is 24.5 Å². The lowest BCUT2D eigenvalue weighted by atomic mass is 10.1. The highest BCUT2D eigenvalue weighted by atomic mass is 127. The smallest absolute Gasteiger partial charge is 0.216 e. The number of piperidine rings is 1. The van der Waals surface area contributed by atoms with Crippen molar-refractivity contribution in [2.45, 2.75) is 32.4 Å². The number of nitrogens with zero attached hydrogens (tertiary/aromatic N) is 4. The minimum absolute atomic E-state index is 0. The van der Waals surface area contributed by atoms with Crippen LogP contribution in [0.1, 0.15) is 25.6 Å². The molecule has 0 radical (unpaired) electrons. The molecule has 3 aromatic rings. The summed E-state index contributed by atoms with van der Waals surface area (Å²) in [5.74, 6) is 2.72. The third-order valence-corrected chi connectivity index (χ3v) is 5.59. The van der Waals surface area contributed by atoms with Crippen molar-refractivity contribution in [1.29, 1.82) is 0 Å². The number of hydrogen-bond donors (Lipinski definition) is 3. The molecule has 0 saturated carbocycles. The highest BCUT2D eigenvalue weighted by Crippen LogP contribution is 2.24. The predicted molar refractivity (Wildman–Crippen MR) is 127 cm³/mol. The molecule has 0 unspecified atom stereocenters. The van der Waals surface area contributed by atoms with Gasteiger partial charge in [-0.1, -0.05) is 0 Å². The molecule has 29 heavy (non-hydrogen) atoms. The summed E-state index contributed by atoms with van der Waals surface area (Å²) in [5, 5.41) is 17.5. The van der Waals surface area contributed by atoms with Gasteiger partial charge in [0, 0.05) is 25.7 Å². The van der Waals surface area contributed by atoms with Gasteiger partial charge in [-0.25, -0.2) is 9.98 Å². The lowest BCUT2D eigenvalue weighted by molar-refractivity contribution is 0.462. The van der Waals surface area contributed by atoms with E-state index in [4.69, 9.17) is 4.42 Å². The second kappa shape index (κ2) is 10.6. The van der Waals surface area contributed by atoms with E-state index >= 15 is 0 Å². The molecule has 1 saturated heterocycles. The van der Waals surface area contributed by atoms with Gasteiger partial charge in [-0.05, 0) is 49.4 Å². The average molecular weight is 527 g/mol. The minimum atomic E-state index is 0. The topological polar surface area (TPSA) is 94.4 Å². The average Bonchev–Trinajstić information content (AvgIpc) is 3.49. The predicted octanol–water partition coefficient (Wildman–Crippen LogP) is 3.47. The Kier molecular flexibility index (Phi) is 7.92. The Morgan fingerprint density at radius 3 is 2.90 bits per heavy atom. The summed E-state index contributed by atoms with van der Waals surface area (Å²) in [6.45, 7) is 5.43. The van der Waals surface area contributed by atoms with Crippen LogP contribution < -0.4 is 15.5 Å². The molecule has 0 atom stereocenters. The molecule has 1 aliphatic heterocycles. The fourth-order valence-electron chi connectivity index (χ4n) is 3.24. The standard InChI is InChI=1S/C19H25N7OS.HI/c1-2-20-19(21-13-16-23-18(25-24-16)15-5-3-11-27-15)22-14-7-9-26(10-8-14)17-6-4-12-28-17;/h3-6,11-12,14H,2,7-10,13H2,1H3,(H2,20,21,22)(H,23,24,25);1H. The molecule has 1 aliphatic rings. The van der Waals surface area contributed by atoms with Crippen molar-refractivity contribution in [3.8, 4) is 11.6 Å². The molecule has 4 rings (SSSR count). The summed E-state index contributed by atoms with van der Waals surface area (Å²) in [7, 11) is 0. The maximum Gasteiger partial charge on any atom is 0.216 e. The number of nitrogens with one attached hydrogen (secondary N) is 3. The van der Waals surface area contributed by atoms with Gasteiger partial charge in [0.2, 0.25) is 5.82 Å². The summed E-state index contributed by atoms with van der Waals surface area (Å²) in [5.41, 5.74) is 0. The first-order valence-electron chi connectivity index (χ1n) is 9.60. The first-order valence-corrected chi connectivity index (χ1v) is 10.5. The van der Waals surface area contributed by atoms with Crippen LogP contribution in [-0.4, -0.2) is 46.8 Å². The minimum Gasteiger partial charge on any atom is -0.461 e. The van der Waals surface area contributed by atoms with Crippen LogP contribution in [0.2, 0.25) is 0 Å². The molecule has 4 heterocycles. The molecular weight excluding hydrogens is 501 g/mol. The van der Waals surface area contributed by atoms with Gasteiger partial charge in [-0.2, -0.15) is 0 Å². The number of furan rings is 1. The number of halogens is 1. The van der Waals surface area contributed by atoms with Crippen molar-refractivity contribution in [1.82, 2.24) is 25.8 Å².